The van der Waals surface area contributed by atoms with Crippen LogP contribution in [-0.4, -0.2) is 26.8 Å². The number of halogens is 1. The van der Waals surface area contributed by atoms with Gasteiger partial charge in [-0.2, -0.15) is 5.10 Å². The average Bonchev–Trinajstić information content (AvgIpc) is 2.19. The Morgan fingerprint density at radius 3 is 2.57 bits per heavy atom. The second-order valence-corrected chi connectivity index (χ2v) is 4.63. The van der Waals surface area contributed by atoms with Gasteiger partial charge in [0.1, 0.15) is 0 Å². The molecule has 1 atom stereocenters. The van der Waals surface area contributed by atoms with Crippen LogP contribution in [0.25, 0.3) is 0 Å². The molecule has 0 radical (unpaired) electrons. The lowest BCUT2D eigenvalue weighted by Gasteiger charge is -2.05. The van der Waals surface area contributed by atoms with E-state index in [1.807, 2.05) is 13.8 Å². The lowest BCUT2D eigenvalue weighted by atomic mass is 10.3. The van der Waals surface area contributed by atoms with Crippen LogP contribution in [0.15, 0.2) is 5.16 Å². The van der Waals surface area contributed by atoms with Crippen LogP contribution in [-0.2, 0) is 0 Å². The van der Waals surface area contributed by atoms with E-state index in [9.17, 15) is 0 Å². The van der Waals surface area contributed by atoms with Gasteiger partial charge in [0.05, 0.1) is 11.4 Å². The van der Waals surface area contributed by atoms with Crippen molar-refractivity contribution in [3.8, 4) is 0 Å². The Morgan fingerprint density at radius 1 is 1.29 bits per heavy atom. The van der Waals surface area contributed by atoms with Gasteiger partial charge in [0.15, 0.2) is 0 Å². The number of aryl methyl sites for hydroxylation is 2. The standard InChI is InChI=1S/C9H14ClN3S/c1-6(4-10)5-14-9-11-7(2)8(3)12-13-9/h6H,4-5H2,1-3H3. The second kappa shape index (κ2) is 5.51. The summed E-state index contributed by atoms with van der Waals surface area (Å²) in [6.45, 7) is 5.96. The summed E-state index contributed by atoms with van der Waals surface area (Å²) < 4.78 is 0. The molecule has 0 amide bonds. The van der Waals surface area contributed by atoms with E-state index in [0.717, 1.165) is 22.3 Å². The molecule has 5 heteroatoms. The Morgan fingerprint density at radius 2 is 2.00 bits per heavy atom. The molecule has 0 aliphatic heterocycles. The molecule has 0 aliphatic rings. The highest BCUT2D eigenvalue weighted by Gasteiger charge is 2.05. The smallest absolute Gasteiger partial charge is 0.209 e. The Kier molecular flexibility index (Phi) is 4.62. The van der Waals surface area contributed by atoms with Crippen LogP contribution in [0.3, 0.4) is 0 Å². The number of hydrogen-bond donors (Lipinski definition) is 0. The van der Waals surface area contributed by atoms with Gasteiger partial charge < -0.3 is 0 Å². The van der Waals surface area contributed by atoms with Gasteiger partial charge in [0.2, 0.25) is 5.16 Å². The first-order chi connectivity index (χ1) is 6.63. The number of nitrogens with zero attached hydrogens (tertiary/aromatic N) is 3. The van der Waals surface area contributed by atoms with Crippen molar-refractivity contribution in [1.82, 2.24) is 15.2 Å². The summed E-state index contributed by atoms with van der Waals surface area (Å²) in [5.74, 6) is 2.09. The molecular weight excluding hydrogens is 218 g/mol. The maximum Gasteiger partial charge on any atom is 0.209 e. The first-order valence-corrected chi connectivity index (χ1v) is 6.02. The molecule has 0 spiro atoms. The third-order valence-corrected chi connectivity index (χ3v) is 3.53. The van der Waals surface area contributed by atoms with E-state index in [4.69, 9.17) is 11.6 Å². The quantitative estimate of drug-likeness (QED) is 0.590. The molecule has 0 N–H and O–H groups in total. The third kappa shape index (κ3) is 3.42. The number of rotatable bonds is 4. The molecule has 0 saturated carbocycles. The largest absolute Gasteiger partial charge is 0.225 e. The van der Waals surface area contributed by atoms with Crippen LogP contribution in [0, 0.1) is 19.8 Å². The van der Waals surface area contributed by atoms with E-state index in [0.29, 0.717) is 11.8 Å². The average molecular weight is 232 g/mol. The van der Waals surface area contributed by atoms with Gasteiger partial charge in [0, 0.05) is 11.6 Å². The van der Waals surface area contributed by atoms with Gasteiger partial charge in [-0.1, -0.05) is 18.7 Å². The summed E-state index contributed by atoms with van der Waals surface area (Å²) in [4.78, 5) is 4.33. The van der Waals surface area contributed by atoms with E-state index >= 15 is 0 Å². The summed E-state index contributed by atoms with van der Waals surface area (Å²) in [6.07, 6.45) is 0. The highest BCUT2D eigenvalue weighted by Crippen LogP contribution is 2.17. The van der Waals surface area contributed by atoms with Crippen molar-refractivity contribution in [3.63, 3.8) is 0 Å². The molecule has 1 heterocycles. The maximum absolute atomic E-state index is 5.70. The fraction of sp³-hybridized carbons (Fsp3) is 0.667. The SMILES string of the molecule is Cc1nnc(SCC(C)CCl)nc1C. The van der Waals surface area contributed by atoms with Crippen LogP contribution < -0.4 is 0 Å². The molecular formula is C9H14ClN3S. The first-order valence-electron chi connectivity index (χ1n) is 4.50. The fourth-order valence-electron chi connectivity index (χ4n) is 0.759. The molecule has 14 heavy (non-hydrogen) atoms. The Hall–Kier alpha value is -0.350. The van der Waals surface area contributed by atoms with E-state index in [-0.39, 0.29) is 0 Å². The van der Waals surface area contributed by atoms with Gasteiger partial charge in [0.25, 0.3) is 0 Å². The van der Waals surface area contributed by atoms with Gasteiger partial charge in [-0.25, -0.2) is 4.98 Å². The highest BCUT2D eigenvalue weighted by atomic mass is 35.5. The zero-order valence-electron chi connectivity index (χ0n) is 8.62. The van der Waals surface area contributed by atoms with Crippen molar-refractivity contribution in [2.24, 2.45) is 5.92 Å². The molecule has 1 aromatic rings. The maximum atomic E-state index is 5.70. The normalized spacial score (nSPS) is 12.9. The zero-order valence-corrected chi connectivity index (χ0v) is 10.2. The van der Waals surface area contributed by atoms with Crippen molar-refractivity contribution in [2.45, 2.75) is 25.9 Å². The van der Waals surface area contributed by atoms with Crippen molar-refractivity contribution < 1.29 is 0 Å². The summed E-state index contributed by atoms with van der Waals surface area (Å²) in [5.41, 5.74) is 1.83. The predicted molar refractivity (Wildman–Crippen MR) is 59.9 cm³/mol. The summed E-state index contributed by atoms with van der Waals surface area (Å²) >= 11 is 7.31. The summed E-state index contributed by atoms with van der Waals surface area (Å²) in [7, 11) is 0. The Labute approximate surface area is 93.7 Å². The molecule has 0 bridgehead atoms. The first kappa shape index (κ1) is 11.7. The minimum absolute atomic E-state index is 0.479. The van der Waals surface area contributed by atoms with Gasteiger partial charge in [-0.3, -0.25) is 0 Å². The second-order valence-electron chi connectivity index (χ2n) is 3.34. The van der Waals surface area contributed by atoms with Gasteiger partial charge >= 0.3 is 0 Å². The number of hydrogen-bond acceptors (Lipinski definition) is 4. The number of alkyl halides is 1. The highest BCUT2D eigenvalue weighted by molar-refractivity contribution is 7.99. The number of aromatic nitrogens is 3. The van der Waals surface area contributed by atoms with Crippen molar-refractivity contribution >= 4 is 23.4 Å². The van der Waals surface area contributed by atoms with Crippen LogP contribution in [0.5, 0.6) is 0 Å². The third-order valence-electron chi connectivity index (χ3n) is 1.83. The minimum Gasteiger partial charge on any atom is -0.225 e. The van der Waals surface area contributed by atoms with E-state index in [1.54, 1.807) is 11.8 Å². The predicted octanol–water partition coefficient (Wildman–Crippen LogP) is 2.46. The van der Waals surface area contributed by atoms with E-state index < -0.39 is 0 Å². The fourth-order valence-corrected chi connectivity index (χ4v) is 1.85. The molecule has 78 valence electrons. The van der Waals surface area contributed by atoms with Crippen molar-refractivity contribution in [1.29, 1.82) is 0 Å². The molecule has 0 saturated heterocycles. The van der Waals surface area contributed by atoms with Crippen molar-refractivity contribution in [2.75, 3.05) is 11.6 Å². The monoisotopic (exact) mass is 231 g/mol. The molecule has 1 unspecified atom stereocenters. The molecule has 1 aromatic heterocycles. The molecule has 3 nitrogen and oxygen atoms in total. The summed E-state index contributed by atoms with van der Waals surface area (Å²) in [5, 5.41) is 8.76. The minimum atomic E-state index is 0.479. The van der Waals surface area contributed by atoms with E-state index in [1.165, 1.54) is 0 Å². The summed E-state index contributed by atoms with van der Waals surface area (Å²) in [6, 6.07) is 0. The molecule has 1 rings (SSSR count). The van der Waals surface area contributed by atoms with Crippen LogP contribution in [0.1, 0.15) is 18.3 Å². The molecule has 0 fully saturated rings. The van der Waals surface area contributed by atoms with Crippen LogP contribution >= 0.6 is 23.4 Å². The Bertz CT molecular complexity index is 306. The van der Waals surface area contributed by atoms with Crippen LogP contribution in [0.4, 0.5) is 0 Å². The topological polar surface area (TPSA) is 38.7 Å². The van der Waals surface area contributed by atoms with Crippen LogP contribution in [0.2, 0.25) is 0 Å². The lowest BCUT2D eigenvalue weighted by Crippen LogP contribution is -2.02. The lowest BCUT2D eigenvalue weighted by molar-refractivity contribution is 0.747. The van der Waals surface area contributed by atoms with E-state index in [2.05, 4.69) is 22.1 Å². The zero-order chi connectivity index (χ0) is 10.6. The Balaban J connectivity index is 2.55. The van der Waals surface area contributed by atoms with Crippen molar-refractivity contribution in [3.05, 3.63) is 11.4 Å². The van der Waals surface area contributed by atoms with Gasteiger partial charge in [-0.15, -0.1) is 16.7 Å². The number of thioether (sulfide) groups is 1. The molecule has 0 aliphatic carbocycles. The molecule has 0 aromatic carbocycles. The van der Waals surface area contributed by atoms with Gasteiger partial charge in [-0.05, 0) is 19.8 Å².